The molecule has 0 fully saturated rings. The maximum absolute atomic E-state index is 11.2. The molecule has 0 bridgehead atoms. The lowest BCUT2D eigenvalue weighted by atomic mass is 10.1. The Morgan fingerprint density at radius 1 is 1.41 bits per heavy atom. The largest absolute Gasteiger partial charge is 0.490 e. The van der Waals surface area contributed by atoms with E-state index in [2.05, 4.69) is 4.74 Å². The number of esters is 1. The third-order valence-electron chi connectivity index (χ3n) is 2.20. The van der Waals surface area contributed by atoms with Gasteiger partial charge >= 0.3 is 5.97 Å². The number of hydrogen-bond acceptors (Lipinski definition) is 5. The number of hydrogen-bond donors (Lipinski definition) is 1. The summed E-state index contributed by atoms with van der Waals surface area (Å²) in [6, 6.07) is 7.40. The van der Waals surface area contributed by atoms with Crippen molar-refractivity contribution in [1.82, 2.24) is 0 Å². The van der Waals surface area contributed by atoms with E-state index in [-0.39, 0.29) is 6.61 Å². The van der Waals surface area contributed by atoms with E-state index in [4.69, 9.17) is 4.74 Å². The SMILES string of the molecule is COC(=O)C(C)(O)COc1ccc(SC)cc1. The van der Waals surface area contributed by atoms with Gasteiger partial charge in [0.05, 0.1) is 7.11 Å². The number of carbonyl (C=O) groups excluding carboxylic acids is 1. The van der Waals surface area contributed by atoms with Gasteiger partial charge in [0.2, 0.25) is 0 Å². The summed E-state index contributed by atoms with van der Waals surface area (Å²) in [4.78, 5) is 12.3. The maximum Gasteiger partial charge on any atom is 0.341 e. The molecule has 0 spiro atoms. The Hall–Kier alpha value is -1.20. The summed E-state index contributed by atoms with van der Waals surface area (Å²) in [5, 5.41) is 9.74. The lowest BCUT2D eigenvalue weighted by molar-refractivity contribution is -0.163. The minimum absolute atomic E-state index is 0.141. The Bertz CT molecular complexity index is 373. The Kier molecular flexibility index (Phi) is 4.84. The van der Waals surface area contributed by atoms with Gasteiger partial charge in [-0.15, -0.1) is 11.8 Å². The summed E-state index contributed by atoms with van der Waals surface area (Å²) in [6.07, 6.45) is 1.98. The normalized spacial score (nSPS) is 13.9. The Balaban J connectivity index is 2.57. The molecule has 5 heteroatoms. The summed E-state index contributed by atoms with van der Waals surface area (Å²) in [5.41, 5.74) is -1.63. The van der Waals surface area contributed by atoms with E-state index < -0.39 is 11.6 Å². The monoisotopic (exact) mass is 256 g/mol. The molecule has 0 aliphatic carbocycles. The molecule has 1 aromatic carbocycles. The highest BCUT2D eigenvalue weighted by Crippen LogP contribution is 2.20. The molecular formula is C12H16O4S. The Morgan fingerprint density at radius 2 is 2.00 bits per heavy atom. The number of ether oxygens (including phenoxy) is 2. The van der Waals surface area contributed by atoms with Crippen LogP contribution in [-0.4, -0.2) is 36.6 Å². The highest BCUT2D eigenvalue weighted by atomic mass is 32.2. The van der Waals surface area contributed by atoms with Crippen LogP contribution in [0.3, 0.4) is 0 Å². The Labute approximate surface area is 105 Å². The van der Waals surface area contributed by atoms with Crippen LogP contribution in [0.5, 0.6) is 5.75 Å². The number of carbonyl (C=O) groups is 1. The van der Waals surface area contributed by atoms with E-state index in [1.54, 1.807) is 23.9 Å². The third-order valence-corrected chi connectivity index (χ3v) is 2.95. The summed E-state index contributed by atoms with van der Waals surface area (Å²) in [5.74, 6) is -0.106. The molecule has 1 N–H and O–H groups in total. The predicted octanol–water partition coefficient (Wildman–Crippen LogP) is 1.71. The van der Waals surface area contributed by atoms with Crippen LogP contribution in [0.2, 0.25) is 0 Å². The summed E-state index contributed by atoms with van der Waals surface area (Å²) in [7, 11) is 1.23. The molecule has 0 aliphatic heterocycles. The van der Waals surface area contributed by atoms with Crippen molar-refractivity contribution in [1.29, 1.82) is 0 Å². The lowest BCUT2D eigenvalue weighted by Crippen LogP contribution is -2.42. The van der Waals surface area contributed by atoms with Gasteiger partial charge in [0, 0.05) is 4.90 Å². The van der Waals surface area contributed by atoms with Gasteiger partial charge in [-0.25, -0.2) is 4.79 Å². The van der Waals surface area contributed by atoms with Crippen LogP contribution < -0.4 is 4.74 Å². The lowest BCUT2D eigenvalue weighted by Gasteiger charge is -2.20. The standard InChI is InChI=1S/C12H16O4S/c1-12(14,11(13)15-2)8-16-9-4-6-10(17-3)7-5-9/h4-7,14H,8H2,1-3H3. The summed E-state index contributed by atoms with van der Waals surface area (Å²) in [6.45, 7) is 1.22. The van der Waals surface area contributed by atoms with Crippen molar-refractivity contribution >= 4 is 17.7 Å². The zero-order valence-corrected chi connectivity index (χ0v) is 10.9. The second-order valence-corrected chi connectivity index (χ2v) is 4.61. The molecule has 0 aromatic heterocycles. The smallest absolute Gasteiger partial charge is 0.341 e. The zero-order chi connectivity index (χ0) is 12.9. The fourth-order valence-corrected chi connectivity index (χ4v) is 1.58. The van der Waals surface area contributed by atoms with Gasteiger partial charge in [-0.1, -0.05) is 0 Å². The van der Waals surface area contributed by atoms with Gasteiger partial charge in [-0.3, -0.25) is 0 Å². The van der Waals surface area contributed by atoms with E-state index >= 15 is 0 Å². The molecule has 1 rings (SSSR count). The molecule has 0 amide bonds. The molecule has 0 radical (unpaired) electrons. The first-order chi connectivity index (χ1) is 7.99. The number of aliphatic hydroxyl groups is 1. The van der Waals surface area contributed by atoms with Crippen molar-refractivity contribution in [3.8, 4) is 5.75 Å². The summed E-state index contributed by atoms with van der Waals surface area (Å²) >= 11 is 1.63. The van der Waals surface area contributed by atoms with Crippen molar-refractivity contribution in [2.24, 2.45) is 0 Å². The number of methoxy groups -OCH3 is 1. The highest BCUT2D eigenvalue weighted by Gasteiger charge is 2.32. The quantitative estimate of drug-likeness (QED) is 0.642. The number of benzene rings is 1. The van der Waals surface area contributed by atoms with Crippen LogP contribution in [0, 0.1) is 0 Å². The van der Waals surface area contributed by atoms with Crippen LogP contribution in [0.1, 0.15) is 6.92 Å². The molecule has 0 heterocycles. The van der Waals surface area contributed by atoms with Gasteiger partial charge in [0.1, 0.15) is 12.4 Å². The first-order valence-electron chi connectivity index (χ1n) is 5.07. The second kappa shape index (κ2) is 5.93. The van der Waals surface area contributed by atoms with Crippen LogP contribution in [-0.2, 0) is 9.53 Å². The van der Waals surface area contributed by atoms with Crippen molar-refractivity contribution < 1.29 is 19.4 Å². The summed E-state index contributed by atoms with van der Waals surface area (Å²) < 4.78 is 9.80. The van der Waals surface area contributed by atoms with Gasteiger partial charge in [-0.2, -0.15) is 0 Å². The first kappa shape index (κ1) is 13.9. The van der Waals surface area contributed by atoms with Crippen LogP contribution in [0.4, 0.5) is 0 Å². The maximum atomic E-state index is 11.2. The first-order valence-corrected chi connectivity index (χ1v) is 6.29. The predicted molar refractivity (Wildman–Crippen MR) is 66.4 cm³/mol. The third kappa shape index (κ3) is 3.94. The van der Waals surface area contributed by atoms with Crippen LogP contribution in [0.25, 0.3) is 0 Å². The van der Waals surface area contributed by atoms with Crippen molar-refractivity contribution in [3.63, 3.8) is 0 Å². The van der Waals surface area contributed by atoms with E-state index in [9.17, 15) is 9.90 Å². The average Bonchev–Trinajstić information content (AvgIpc) is 2.36. The van der Waals surface area contributed by atoms with Crippen LogP contribution >= 0.6 is 11.8 Å². The molecule has 1 aromatic rings. The molecule has 1 unspecified atom stereocenters. The topological polar surface area (TPSA) is 55.8 Å². The van der Waals surface area contributed by atoms with Crippen molar-refractivity contribution in [2.45, 2.75) is 17.4 Å². The molecule has 4 nitrogen and oxygen atoms in total. The van der Waals surface area contributed by atoms with E-state index in [0.29, 0.717) is 5.75 Å². The molecule has 0 saturated carbocycles. The second-order valence-electron chi connectivity index (χ2n) is 3.73. The molecule has 17 heavy (non-hydrogen) atoms. The molecule has 0 aliphatic rings. The minimum Gasteiger partial charge on any atom is -0.490 e. The number of rotatable bonds is 5. The van der Waals surface area contributed by atoms with Gasteiger partial charge in [0.15, 0.2) is 5.60 Å². The Morgan fingerprint density at radius 3 is 2.47 bits per heavy atom. The van der Waals surface area contributed by atoms with Crippen LogP contribution in [0.15, 0.2) is 29.2 Å². The highest BCUT2D eigenvalue weighted by molar-refractivity contribution is 7.98. The van der Waals surface area contributed by atoms with E-state index in [1.165, 1.54) is 14.0 Å². The van der Waals surface area contributed by atoms with Crippen molar-refractivity contribution in [3.05, 3.63) is 24.3 Å². The fraction of sp³-hybridized carbons (Fsp3) is 0.417. The van der Waals surface area contributed by atoms with E-state index in [0.717, 1.165) is 4.90 Å². The molecule has 1 atom stereocenters. The van der Waals surface area contributed by atoms with E-state index in [1.807, 2.05) is 18.4 Å². The number of thioether (sulfide) groups is 1. The van der Waals surface area contributed by atoms with Gasteiger partial charge in [0.25, 0.3) is 0 Å². The van der Waals surface area contributed by atoms with Gasteiger partial charge < -0.3 is 14.6 Å². The zero-order valence-electron chi connectivity index (χ0n) is 10.1. The minimum atomic E-state index is -1.63. The van der Waals surface area contributed by atoms with Gasteiger partial charge in [-0.05, 0) is 37.4 Å². The fourth-order valence-electron chi connectivity index (χ4n) is 1.17. The average molecular weight is 256 g/mol. The molecular weight excluding hydrogens is 240 g/mol. The van der Waals surface area contributed by atoms with Crippen molar-refractivity contribution in [2.75, 3.05) is 20.0 Å². The molecule has 0 saturated heterocycles. The molecule has 94 valence electrons.